The van der Waals surface area contributed by atoms with Crippen molar-refractivity contribution >= 4 is 0 Å². The molecule has 19 heavy (non-hydrogen) atoms. The van der Waals surface area contributed by atoms with Gasteiger partial charge >= 0.3 is 6.18 Å². The average Bonchev–Trinajstić information content (AvgIpc) is 2.23. The predicted octanol–water partition coefficient (Wildman–Crippen LogP) is 0.954. The highest BCUT2D eigenvalue weighted by molar-refractivity contribution is 4.90. The van der Waals surface area contributed by atoms with Crippen LogP contribution in [-0.2, 0) is 4.74 Å². The van der Waals surface area contributed by atoms with E-state index in [0.29, 0.717) is 39.4 Å². The zero-order valence-electron chi connectivity index (χ0n) is 11.5. The SMILES string of the molecule is CC1(C)CN(CC(F)(F)F)CCN1CCOCCO. The summed E-state index contributed by atoms with van der Waals surface area (Å²) in [7, 11) is 0. The van der Waals surface area contributed by atoms with Crippen molar-refractivity contribution in [1.29, 1.82) is 0 Å². The minimum Gasteiger partial charge on any atom is -0.394 e. The summed E-state index contributed by atoms with van der Waals surface area (Å²) in [4.78, 5) is 3.59. The van der Waals surface area contributed by atoms with Crippen molar-refractivity contribution in [3.05, 3.63) is 0 Å². The summed E-state index contributed by atoms with van der Waals surface area (Å²) in [6.07, 6.45) is -4.14. The number of ether oxygens (including phenoxy) is 1. The lowest BCUT2D eigenvalue weighted by Gasteiger charge is -2.47. The molecule has 1 heterocycles. The van der Waals surface area contributed by atoms with Gasteiger partial charge in [0.15, 0.2) is 0 Å². The van der Waals surface area contributed by atoms with Gasteiger partial charge in [-0.2, -0.15) is 13.2 Å². The van der Waals surface area contributed by atoms with E-state index in [9.17, 15) is 13.2 Å². The Bertz CT molecular complexity index is 272. The van der Waals surface area contributed by atoms with Gasteiger partial charge in [-0.3, -0.25) is 9.80 Å². The molecule has 1 aliphatic rings. The van der Waals surface area contributed by atoms with E-state index in [0.717, 1.165) is 0 Å². The molecule has 0 aromatic rings. The zero-order valence-corrected chi connectivity index (χ0v) is 11.5. The smallest absolute Gasteiger partial charge is 0.394 e. The van der Waals surface area contributed by atoms with E-state index in [2.05, 4.69) is 4.90 Å². The van der Waals surface area contributed by atoms with Gasteiger partial charge in [0, 0.05) is 31.7 Å². The Morgan fingerprint density at radius 2 is 1.89 bits per heavy atom. The number of halogens is 3. The molecule has 0 aliphatic carbocycles. The molecular formula is C12H23F3N2O2. The first-order valence-electron chi connectivity index (χ1n) is 6.47. The van der Waals surface area contributed by atoms with Gasteiger partial charge in [0.25, 0.3) is 0 Å². The fourth-order valence-corrected chi connectivity index (χ4v) is 2.44. The molecule has 0 spiro atoms. The number of aliphatic hydroxyl groups is 1. The molecule has 1 fully saturated rings. The van der Waals surface area contributed by atoms with Crippen molar-refractivity contribution in [2.75, 3.05) is 52.5 Å². The van der Waals surface area contributed by atoms with E-state index in [1.807, 2.05) is 13.8 Å². The summed E-state index contributed by atoms with van der Waals surface area (Å²) in [6, 6.07) is 0. The first kappa shape index (κ1) is 16.7. The minimum atomic E-state index is -4.14. The van der Waals surface area contributed by atoms with E-state index in [1.165, 1.54) is 4.90 Å². The maximum absolute atomic E-state index is 12.4. The summed E-state index contributed by atoms with van der Waals surface area (Å²) in [5, 5.41) is 8.60. The van der Waals surface area contributed by atoms with Gasteiger partial charge in [-0.05, 0) is 13.8 Å². The first-order valence-corrected chi connectivity index (χ1v) is 6.47. The number of rotatable bonds is 6. The monoisotopic (exact) mass is 284 g/mol. The van der Waals surface area contributed by atoms with Crippen LogP contribution in [0.25, 0.3) is 0 Å². The van der Waals surface area contributed by atoms with Crippen molar-refractivity contribution in [1.82, 2.24) is 9.80 Å². The highest BCUT2D eigenvalue weighted by Gasteiger charge is 2.38. The normalized spacial score (nSPS) is 21.8. The van der Waals surface area contributed by atoms with Gasteiger partial charge in [-0.1, -0.05) is 0 Å². The van der Waals surface area contributed by atoms with Crippen LogP contribution in [0.4, 0.5) is 13.2 Å². The summed E-state index contributed by atoms with van der Waals surface area (Å²) in [5.74, 6) is 0. The molecule has 114 valence electrons. The lowest BCUT2D eigenvalue weighted by atomic mass is 9.99. The number of piperazine rings is 1. The van der Waals surface area contributed by atoms with Gasteiger partial charge in [0.05, 0.1) is 26.4 Å². The van der Waals surface area contributed by atoms with Gasteiger partial charge in [0.1, 0.15) is 0 Å². The summed E-state index contributed by atoms with van der Waals surface area (Å²) in [5.41, 5.74) is -0.300. The summed E-state index contributed by atoms with van der Waals surface area (Å²) in [6.45, 7) is 5.92. The molecular weight excluding hydrogens is 261 g/mol. The van der Waals surface area contributed by atoms with E-state index in [1.54, 1.807) is 0 Å². The third kappa shape index (κ3) is 6.07. The van der Waals surface area contributed by atoms with Crippen molar-refractivity contribution in [3.8, 4) is 0 Å². The van der Waals surface area contributed by atoms with E-state index in [-0.39, 0.29) is 12.1 Å². The second-order valence-electron chi connectivity index (χ2n) is 5.46. The maximum atomic E-state index is 12.4. The summed E-state index contributed by atoms with van der Waals surface area (Å²) >= 11 is 0. The lowest BCUT2D eigenvalue weighted by molar-refractivity contribution is -0.155. The van der Waals surface area contributed by atoms with Gasteiger partial charge in [0.2, 0.25) is 0 Å². The fourth-order valence-electron chi connectivity index (χ4n) is 2.44. The fraction of sp³-hybridized carbons (Fsp3) is 1.00. The number of nitrogens with zero attached hydrogens (tertiary/aromatic N) is 2. The van der Waals surface area contributed by atoms with Crippen LogP contribution in [0.2, 0.25) is 0 Å². The molecule has 1 aliphatic heterocycles. The van der Waals surface area contributed by atoms with E-state index < -0.39 is 12.7 Å². The molecule has 1 rings (SSSR count). The third-order valence-corrected chi connectivity index (χ3v) is 3.30. The molecule has 4 nitrogen and oxygen atoms in total. The van der Waals surface area contributed by atoms with Crippen LogP contribution < -0.4 is 0 Å². The largest absolute Gasteiger partial charge is 0.401 e. The molecule has 0 bridgehead atoms. The topological polar surface area (TPSA) is 35.9 Å². The van der Waals surface area contributed by atoms with Crippen molar-refractivity contribution in [2.45, 2.75) is 25.6 Å². The molecule has 7 heteroatoms. The van der Waals surface area contributed by atoms with Crippen LogP contribution in [0.15, 0.2) is 0 Å². The predicted molar refractivity (Wildman–Crippen MR) is 66.1 cm³/mol. The van der Waals surface area contributed by atoms with Gasteiger partial charge in [-0.15, -0.1) is 0 Å². The highest BCUT2D eigenvalue weighted by Crippen LogP contribution is 2.24. The Kier molecular flexibility index (Phi) is 6.04. The van der Waals surface area contributed by atoms with Gasteiger partial charge in [-0.25, -0.2) is 0 Å². The third-order valence-electron chi connectivity index (χ3n) is 3.30. The molecule has 0 aromatic carbocycles. The minimum absolute atomic E-state index is 0.0112. The first-order chi connectivity index (χ1) is 8.74. The standard InChI is InChI=1S/C12H23F3N2O2/c1-11(2)9-16(10-12(13,14)15)3-4-17(11)5-7-19-8-6-18/h18H,3-10H2,1-2H3. The molecule has 0 amide bonds. The number of hydrogen-bond acceptors (Lipinski definition) is 4. The van der Waals surface area contributed by atoms with Crippen LogP contribution in [0.3, 0.4) is 0 Å². The molecule has 1 saturated heterocycles. The van der Waals surface area contributed by atoms with Crippen LogP contribution in [0, 0.1) is 0 Å². The number of alkyl halides is 3. The molecule has 0 aromatic heterocycles. The molecule has 0 atom stereocenters. The summed E-state index contributed by atoms with van der Waals surface area (Å²) < 4.78 is 42.3. The Hall–Kier alpha value is -0.370. The maximum Gasteiger partial charge on any atom is 0.401 e. The second-order valence-corrected chi connectivity index (χ2v) is 5.46. The average molecular weight is 284 g/mol. The van der Waals surface area contributed by atoms with Crippen molar-refractivity contribution < 1.29 is 23.0 Å². The van der Waals surface area contributed by atoms with E-state index in [4.69, 9.17) is 9.84 Å². The van der Waals surface area contributed by atoms with Crippen LogP contribution in [-0.4, -0.2) is 79.2 Å². The number of aliphatic hydroxyl groups excluding tert-OH is 1. The van der Waals surface area contributed by atoms with E-state index >= 15 is 0 Å². The number of hydrogen-bond donors (Lipinski definition) is 1. The lowest BCUT2D eigenvalue weighted by Crippen LogP contribution is -2.60. The Balaban J connectivity index is 2.39. The quantitative estimate of drug-likeness (QED) is 0.737. The second kappa shape index (κ2) is 6.88. The van der Waals surface area contributed by atoms with Crippen molar-refractivity contribution in [2.24, 2.45) is 0 Å². The zero-order chi connectivity index (χ0) is 14.5. The molecule has 0 saturated carbocycles. The Labute approximate surface area is 112 Å². The Morgan fingerprint density at radius 1 is 1.21 bits per heavy atom. The highest BCUT2D eigenvalue weighted by atomic mass is 19.4. The Morgan fingerprint density at radius 3 is 2.42 bits per heavy atom. The molecule has 0 radical (unpaired) electrons. The van der Waals surface area contributed by atoms with Crippen molar-refractivity contribution in [3.63, 3.8) is 0 Å². The van der Waals surface area contributed by atoms with Crippen LogP contribution in [0.1, 0.15) is 13.8 Å². The van der Waals surface area contributed by atoms with Crippen LogP contribution in [0.5, 0.6) is 0 Å². The molecule has 0 unspecified atom stereocenters. The van der Waals surface area contributed by atoms with Gasteiger partial charge < -0.3 is 9.84 Å². The van der Waals surface area contributed by atoms with Crippen LogP contribution >= 0.6 is 0 Å². The molecule has 1 N–H and O–H groups in total.